The summed E-state index contributed by atoms with van der Waals surface area (Å²) in [7, 11) is 3.02. The highest BCUT2D eigenvalue weighted by Crippen LogP contribution is 2.32. The molecule has 0 aliphatic carbocycles. The molecule has 8 nitrogen and oxygen atoms in total. The summed E-state index contributed by atoms with van der Waals surface area (Å²) in [6.07, 6.45) is 0. The van der Waals surface area contributed by atoms with Gasteiger partial charge in [-0.05, 0) is 24.6 Å². The minimum absolute atomic E-state index is 0.157. The fourth-order valence-corrected chi connectivity index (χ4v) is 3.20. The Morgan fingerprint density at radius 1 is 0.967 bits per heavy atom. The lowest BCUT2D eigenvalue weighted by Crippen LogP contribution is -2.56. The lowest BCUT2D eigenvalue weighted by Gasteiger charge is -2.33. The maximum atomic E-state index is 12.6. The predicted octanol–water partition coefficient (Wildman–Crippen LogP) is 1.50. The average molecular weight is 411 g/mol. The zero-order valence-electron chi connectivity index (χ0n) is 17.3. The van der Waals surface area contributed by atoms with Gasteiger partial charge in [0.05, 0.1) is 14.2 Å². The van der Waals surface area contributed by atoms with Crippen molar-refractivity contribution >= 4 is 23.4 Å². The normalized spacial score (nSPS) is 14.0. The number of methoxy groups -OCH3 is 2. The van der Waals surface area contributed by atoms with E-state index in [0.29, 0.717) is 23.7 Å². The first-order valence-corrected chi connectivity index (χ1v) is 9.58. The van der Waals surface area contributed by atoms with E-state index in [1.54, 1.807) is 18.2 Å². The van der Waals surface area contributed by atoms with Crippen LogP contribution in [-0.2, 0) is 20.9 Å². The van der Waals surface area contributed by atoms with Crippen LogP contribution in [-0.4, -0.2) is 56.5 Å². The topological polar surface area (TPSA) is 88.2 Å². The lowest BCUT2D eigenvalue weighted by atomic mass is 10.1. The summed E-state index contributed by atoms with van der Waals surface area (Å²) in [5.74, 6) is -0.699. The molecule has 0 radical (unpaired) electrons. The Morgan fingerprint density at radius 3 is 2.33 bits per heavy atom. The molecule has 3 amide bonds. The fraction of sp³-hybridized carbons (Fsp3) is 0.318. The largest absolute Gasteiger partial charge is 0.493 e. The van der Waals surface area contributed by atoms with E-state index >= 15 is 0 Å². The molecule has 0 saturated carbocycles. The van der Waals surface area contributed by atoms with Gasteiger partial charge in [0.1, 0.15) is 6.54 Å². The van der Waals surface area contributed by atoms with Crippen molar-refractivity contribution < 1.29 is 23.9 Å². The van der Waals surface area contributed by atoms with Crippen molar-refractivity contribution in [2.24, 2.45) is 0 Å². The third kappa shape index (κ3) is 4.71. The highest BCUT2D eigenvalue weighted by Gasteiger charge is 2.34. The van der Waals surface area contributed by atoms with Crippen molar-refractivity contribution in [2.45, 2.75) is 13.5 Å². The molecule has 2 aromatic rings. The van der Waals surface area contributed by atoms with Crippen molar-refractivity contribution in [1.82, 2.24) is 10.2 Å². The first kappa shape index (κ1) is 21.2. The van der Waals surface area contributed by atoms with Crippen LogP contribution in [0.2, 0.25) is 0 Å². The van der Waals surface area contributed by atoms with Gasteiger partial charge < -0.3 is 24.6 Å². The van der Waals surface area contributed by atoms with Crippen LogP contribution >= 0.6 is 0 Å². The van der Waals surface area contributed by atoms with Gasteiger partial charge in [-0.1, -0.05) is 29.8 Å². The van der Waals surface area contributed by atoms with Gasteiger partial charge in [-0.15, -0.1) is 0 Å². The first-order valence-electron chi connectivity index (χ1n) is 9.58. The van der Waals surface area contributed by atoms with Crippen LogP contribution in [0.3, 0.4) is 0 Å². The fourth-order valence-electron chi connectivity index (χ4n) is 3.20. The maximum Gasteiger partial charge on any atom is 0.316 e. The molecule has 1 N–H and O–H groups in total. The number of rotatable bonds is 7. The van der Waals surface area contributed by atoms with Crippen molar-refractivity contribution in [3.8, 4) is 11.5 Å². The van der Waals surface area contributed by atoms with Crippen molar-refractivity contribution in [3.63, 3.8) is 0 Å². The minimum Gasteiger partial charge on any atom is -0.493 e. The number of piperazine rings is 1. The van der Waals surface area contributed by atoms with E-state index in [9.17, 15) is 14.4 Å². The number of nitrogens with zero attached hydrogens (tertiary/aromatic N) is 2. The number of benzene rings is 2. The highest BCUT2D eigenvalue weighted by molar-refractivity contribution is 6.41. The molecule has 0 bridgehead atoms. The summed E-state index contributed by atoms with van der Waals surface area (Å²) in [5, 5.41) is 2.78. The van der Waals surface area contributed by atoms with Crippen LogP contribution in [0.15, 0.2) is 42.5 Å². The summed E-state index contributed by atoms with van der Waals surface area (Å²) in [4.78, 5) is 40.0. The van der Waals surface area contributed by atoms with Crippen LogP contribution in [0.1, 0.15) is 11.1 Å². The quantitative estimate of drug-likeness (QED) is 0.698. The second kappa shape index (κ2) is 9.30. The second-order valence-electron chi connectivity index (χ2n) is 6.99. The number of ether oxygens (including phenoxy) is 2. The molecule has 0 atom stereocenters. The van der Waals surface area contributed by atoms with Crippen LogP contribution in [0.4, 0.5) is 5.69 Å². The van der Waals surface area contributed by atoms with Crippen molar-refractivity contribution in [1.29, 1.82) is 0 Å². The van der Waals surface area contributed by atoms with Crippen molar-refractivity contribution in [3.05, 3.63) is 53.6 Å². The molecule has 1 heterocycles. The Bertz CT molecular complexity index is 942. The Balaban J connectivity index is 1.59. The van der Waals surface area contributed by atoms with E-state index in [2.05, 4.69) is 5.32 Å². The molecule has 30 heavy (non-hydrogen) atoms. The van der Waals surface area contributed by atoms with Crippen LogP contribution < -0.4 is 19.7 Å². The van der Waals surface area contributed by atoms with E-state index < -0.39 is 11.8 Å². The van der Waals surface area contributed by atoms with Gasteiger partial charge >= 0.3 is 11.8 Å². The van der Waals surface area contributed by atoms with Crippen LogP contribution in [0.25, 0.3) is 0 Å². The Hall–Kier alpha value is -3.55. The average Bonchev–Trinajstić information content (AvgIpc) is 2.76. The molecule has 1 fully saturated rings. The molecule has 0 aromatic heterocycles. The monoisotopic (exact) mass is 411 g/mol. The number of anilines is 1. The number of carbonyl (C=O) groups excluding carboxylic acids is 3. The summed E-state index contributed by atoms with van der Waals surface area (Å²) in [6, 6.07) is 12.8. The van der Waals surface area contributed by atoms with E-state index in [1.807, 2.05) is 31.2 Å². The van der Waals surface area contributed by atoms with E-state index in [1.165, 1.54) is 24.0 Å². The van der Waals surface area contributed by atoms with Gasteiger partial charge in [0.25, 0.3) is 0 Å². The molecule has 1 saturated heterocycles. The predicted molar refractivity (Wildman–Crippen MR) is 112 cm³/mol. The number of carbonyl (C=O) groups is 3. The molecule has 1 aliphatic heterocycles. The molecule has 3 rings (SSSR count). The van der Waals surface area contributed by atoms with Crippen LogP contribution in [0.5, 0.6) is 11.5 Å². The number of amides is 3. The molecule has 0 spiro atoms. The molecule has 8 heteroatoms. The Labute approximate surface area is 175 Å². The number of nitrogens with one attached hydrogen (secondary N) is 1. The molecule has 2 aromatic carbocycles. The zero-order valence-corrected chi connectivity index (χ0v) is 17.3. The van der Waals surface area contributed by atoms with Gasteiger partial charge in [0, 0.05) is 31.4 Å². The summed E-state index contributed by atoms with van der Waals surface area (Å²) in [5.41, 5.74) is 2.64. The molecule has 158 valence electrons. The van der Waals surface area contributed by atoms with Gasteiger partial charge in [0.2, 0.25) is 5.91 Å². The molecular weight excluding hydrogens is 386 g/mol. The molecular formula is C22H25N3O5. The number of aryl methyl sites for hydroxylation is 1. The standard InChI is InChI=1S/C22H25N3O5/c1-15-4-6-16(7-5-15)13-23-20(26)14-24-10-11-25(22(28)21(24)27)17-8-9-18(29-2)19(12-17)30-3/h4-9,12H,10-11,13-14H2,1-3H3,(H,23,26). The van der Waals surface area contributed by atoms with Gasteiger partial charge in [0.15, 0.2) is 11.5 Å². The van der Waals surface area contributed by atoms with Gasteiger partial charge in [-0.25, -0.2) is 0 Å². The minimum atomic E-state index is -0.707. The van der Waals surface area contributed by atoms with E-state index in [-0.39, 0.29) is 25.5 Å². The molecule has 0 unspecified atom stereocenters. The van der Waals surface area contributed by atoms with E-state index in [0.717, 1.165) is 11.1 Å². The SMILES string of the molecule is COc1ccc(N2CCN(CC(=O)NCc3ccc(C)cc3)C(=O)C2=O)cc1OC. The summed E-state index contributed by atoms with van der Waals surface area (Å²) in [6.45, 7) is 2.75. The third-order valence-corrected chi connectivity index (χ3v) is 4.93. The molecule has 1 aliphatic rings. The van der Waals surface area contributed by atoms with E-state index in [4.69, 9.17) is 9.47 Å². The Kier molecular flexibility index (Phi) is 6.56. The third-order valence-electron chi connectivity index (χ3n) is 4.93. The smallest absolute Gasteiger partial charge is 0.316 e. The summed E-state index contributed by atoms with van der Waals surface area (Å²) < 4.78 is 10.5. The van der Waals surface area contributed by atoms with Crippen LogP contribution in [0, 0.1) is 6.92 Å². The summed E-state index contributed by atoms with van der Waals surface area (Å²) >= 11 is 0. The van der Waals surface area contributed by atoms with Gasteiger partial charge in [-0.2, -0.15) is 0 Å². The second-order valence-corrected chi connectivity index (χ2v) is 6.99. The number of hydrogen-bond acceptors (Lipinski definition) is 5. The maximum absolute atomic E-state index is 12.6. The lowest BCUT2D eigenvalue weighted by molar-refractivity contribution is -0.147. The zero-order chi connectivity index (χ0) is 21.7. The first-order chi connectivity index (χ1) is 14.4. The van der Waals surface area contributed by atoms with Gasteiger partial charge in [-0.3, -0.25) is 14.4 Å². The number of hydrogen-bond donors (Lipinski definition) is 1. The highest BCUT2D eigenvalue weighted by atomic mass is 16.5. The Morgan fingerprint density at radius 2 is 1.67 bits per heavy atom. The van der Waals surface area contributed by atoms with Crippen molar-refractivity contribution in [2.75, 3.05) is 38.8 Å².